The molecule has 1 atom stereocenters. The Hall–Kier alpha value is -2.13. The Morgan fingerprint density at radius 3 is 2.10 bits per heavy atom. The average molecular weight is 267 g/mol. The molecule has 1 aliphatic carbocycles. The zero-order chi connectivity index (χ0) is 14.0. The number of aliphatic hydroxyl groups excluding tert-OH is 1. The Labute approximate surface area is 118 Å². The number of amides is 1. The molecule has 2 aromatic rings. The lowest BCUT2D eigenvalue weighted by atomic mass is 10.00. The van der Waals surface area contributed by atoms with Gasteiger partial charge in [0.1, 0.15) is 6.10 Å². The second-order valence-corrected chi connectivity index (χ2v) is 5.29. The fourth-order valence-corrected chi connectivity index (χ4v) is 2.44. The molecule has 2 aromatic carbocycles. The SMILES string of the molecule is O=C(NC1(C(O)c2ccccc2)CC1)c1ccccc1. The molecule has 0 radical (unpaired) electrons. The first-order chi connectivity index (χ1) is 9.71. The van der Waals surface area contributed by atoms with Crippen molar-refractivity contribution < 1.29 is 9.90 Å². The molecule has 0 bridgehead atoms. The number of nitrogens with one attached hydrogen (secondary N) is 1. The molecule has 2 N–H and O–H groups in total. The van der Waals surface area contributed by atoms with Gasteiger partial charge in [0.25, 0.3) is 5.91 Å². The summed E-state index contributed by atoms with van der Waals surface area (Å²) in [6.45, 7) is 0. The van der Waals surface area contributed by atoms with E-state index in [1.807, 2.05) is 48.5 Å². The number of benzene rings is 2. The summed E-state index contributed by atoms with van der Waals surface area (Å²) in [6, 6.07) is 18.6. The third kappa shape index (κ3) is 2.45. The van der Waals surface area contributed by atoms with Crippen LogP contribution in [-0.2, 0) is 0 Å². The molecule has 1 fully saturated rings. The fourth-order valence-electron chi connectivity index (χ4n) is 2.44. The predicted octanol–water partition coefficient (Wildman–Crippen LogP) is 2.68. The van der Waals surface area contributed by atoms with Crippen LogP contribution in [0, 0.1) is 0 Å². The van der Waals surface area contributed by atoms with E-state index < -0.39 is 11.6 Å². The van der Waals surface area contributed by atoms with Crippen LogP contribution in [0.5, 0.6) is 0 Å². The van der Waals surface area contributed by atoms with E-state index in [0.717, 1.165) is 18.4 Å². The Morgan fingerprint density at radius 1 is 1.00 bits per heavy atom. The lowest BCUT2D eigenvalue weighted by Crippen LogP contribution is -2.41. The molecule has 20 heavy (non-hydrogen) atoms. The maximum absolute atomic E-state index is 12.2. The number of aliphatic hydroxyl groups is 1. The van der Waals surface area contributed by atoms with Gasteiger partial charge in [0.2, 0.25) is 0 Å². The van der Waals surface area contributed by atoms with Crippen molar-refractivity contribution in [1.82, 2.24) is 5.32 Å². The highest BCUT2D eigenvalue weighted by molar-refractivity contribution is 5.95. The lowest BCUT2D eigenvalue weighted by molar-refractivity contribution is 0.0794. The van der Waals surface area contributed by atoms with Crippen LogP contribution in [0.15, 0.2) is 60.7 Å². The van der Waals surface area contributed by atoms with Gasteiger partial charge >= 0.3 is 0 Å². The van der Waals surface area contributed by atoms with Crippen molar-refractivity contribution in [2.45, 2.75) is 24.5 Å². The molecule has 0 spiro atoms. The van der Waals surface area contributed by atoms with E-state index in [9.17, 15) is 9.90 Å². The second-order valence-electron chi connectivity index (χ2n) is 5.29. The third-order valence-electron chi connectivity index (χ3n) is 3.83. The van der Waals surface area contributed by atoms with Gasteiger partial charge < -0.3 is 10.4 Å². The van der Waals surface area contributed by atoms with Crippen LogP contribution in [0.4, 0.5) is 0 Å². The topological polar surface area (TPSA) is 49.3 Å². The van der Waals surface area contributed by atoms with Crippen LogP contribution in [0.1, 0.15) is 34.9 Å². The van der Waals surface area contributed by atoms with E-state index in [4.69, 9.17) is 0 Å². The standard InChI is InChI=1S/C17H17NO2/c19-15(13-7-3-1-4-8-13)17(11-12-17)18-16(20)14-9-5-2-6-10-14/h1-10,15,19H,11-12H2,(H,18,20). The molecule has 1 aliphatic rings. The predicted molar refractivity (Wildman–Crippen MR) is 77.3 cm³/mol. The van der Waals surface area contributed by atoms with Gasteiger partial charge in [-0.3, -0.25) is 4.79 Å². The van der Waals surface area contributed by atoms with E-state index in [1.54, 1.807) is 12.1 Å². The number of carbonyl (C=O) groups excluding carboxylic acids is 1. The molecule has 0 aliphatic heterocycles. The summed E-state index contributed by atoms with van der Waals surface area (Å²) >= 11 is 0. The van der Waals surface area contributed by atoms with Crippen LogP contribution >= 0.6 is 0 Å². The van der Waals surface area contributed by atoms with Crippen LogP contribution in [0.3, 0.4) is 0 Å². The molecule has 102 valence electrons. The number of rotatable bonds is 4. The van der Waals surface area contributed by atoms with Crippen LogP contribution in [-0.4, -0.2) is 16.6 Å². The van der Waals surface area contributed by atoms with Gasteiger partial charge in [-0.25, -0.2) is 0 Å². The normalized spacial score (nSPS) is 17.2. The van der Waals surface area contributed by atoms with Crippen LogP contribution < -0.4 is 5.32 Å². The van der Waals surface area contributed by atoms with Gasteiger partial charge in [-0.15, -0.1) is 0 Å². The summed E-state index contributed by atoms with van der Waals surface area (Å²) in [5.41, 5.74) is 0.964. The third-order valence-corrected chi connectivity index (χ3v) is 3.83. The Morgan fingerprint density at radius 2 is 1.55 bits per heavy atom. The molecule has 3 heteroatoms. The fraction of sp³-hybridized carbons (Fsp3) is 0.235. The minimum atomic E-state index is -0.656. The first-order valence-corrected chi connectivity index (χ1v) is 6.82. The van der Waals surface area contributed by atoms with Gasteiger partial charge in [0.15, 0.2) is 0 Å². The molecule has 1 unspecified atom stereocenters. The summed E-state index contributed by atoms with van der Waals surface area (Å²) in [4.78, 5) is 12.2. The molecule has 1 amide bonds. The van der Waals surface area contributed by atoms with Crippen molar-refractivity contribution in [2.75, 3.05) is 0 Å². The molecule has 1 saturated carbocycles. The van der Waals surface area contributed by atoms with Crippen LogP contribution in [0.25, 0.3) is 0 Å². The van der Waals surface area contributed by atoms with E-state index in [0.29, 0.717) is 5.56 Å². The van der Waals surface area contributed by atoms with Crippen molar-refractivity contribution in [3.8, 4) is 0 Å². The summed E-state index contributed by atoms with van der Waals surface area (Å²) in [5.74, 6) is -0.127. The van der Waals surface area contributed by atoms with Crippen molar-refractivity contribution in [3.05, 3.63) is 71.8 Å². The lowest BCUT2D eigenvalue weighted by Gasteiger charge is -2.24. The number of hydrogen-bond donors (Lipinski definition) is 2. The first kappa shape index (κ1) is 12.9. The second kappa shape index (κ2) is 5.10. The van der Waals surface area contributed by atoms with Gasteiger partial charge in [-0.1, -0.05) is 48.5 Å². The van der Waals surface area contributed by atoms with Gasteiger partial charge in [0, 0.05) is 5.56 Å². The van der Waals surface area contributed by atoms with E-state index in [2.05, 4.69) is 5.32 Å². The zero-order valence-corrected chi connectivity index (χ0v) is 11.1. The molecule has 3 rings (SSSR count). The minimum Gasteiger partial charge on any atom is -0.386 e. The summed E-state index contributed by atoms with van der Waals surface area (Å²) in [5, 5.41) is 13.5. The quantitative estimate of drug-likeness (QED) is 0.894. The number of carbonyl (C=O) groups is 1. The van der Waals surface area contributed by atoms with E-state index >= 15 is 0 Å². The van der Waals surface area contributed by atoms with Crippen LogP contribution in [0.2, 0.25) is 0 Å². The van der Waals surface area contributed by atoms with Crippen molar-refractivity contribution in [2.24, 2.45) is 0 Å². The molecule has 0 aromatic heterocycles. The summed E-state index contributed by atoms with van der Waals surface area (Å²) < 4.78 is 0. The zero-order valence-electron chi connectivity index (χ0n) is 11.1. The summed E-state index contributed by atoms with van der Waals surface area (Å²) in [6.07, 6.45) is 0.958. The van der Waals surface area contributed by atoms with Crippen molar-refractivity contribution in [1.29, 1.82) is 0 Å². The van der Waals surface area contributed by atoms with Gasteiger partial charge in [-0.05, 0) is 30.5 Å². The van der Waals surface area contributed by atoms with Gasteiger partial charge in [0.05, 0.1) is 5.54 Å². The van der Waals surface area contributed by atoms with Gasteiger partial charge in [-0.2, -0.15) is 0 Å². The highest BCUT2D eigenvalue weighted by Gasteiger charge is 2.50. The molecule has 3 nitrogen and oxygen atoms in total. The Balaban J connectivity index is 1.75. The maximum Gasteiger partial charge on any atom is 0.251 e. The van der Waals surface area contributed by atoms with E-state index in [1.165, 1.54) is 0 Å². The molecular formula is C17H17NO2. The van der Waals surface area contributed by atoms with Crippen molar-refractivity contribution in [3.63, 3.8) is 0 Å². The first-order valence-electron chi connectivity index (χ1n) is 6.82. The molecule has 0 heterocycles. The highest BCUT2D eigenvalue weighted by Crippen LogP contribution is 2.46. The smallest absolute Gasteiger partial charge is 0.251 e. The molecular weight excluding hydrogens is 250 g/mol. The average Bonchev–Trinajstić information content (AvgIpc) is 3.29. The van der Waals surface area contributed by atoms with E-state index in [-0.39, 0.29) is 5.91 Å². The largest absolute Gasteiger partial charge is 0.386 e. The number of hydrogen-bond acceptors (Lipinski definition) is 2. The Kier molecular flexibility index (Phi) is 3.28. The monoisotopic (exact) mass is 267 g/mol. The molecule has 0 saturated heterocycles. The minimum absolute atomic E-state index is 0.127. The van der Waals surface area contributed by atoms with Crippen molar-refractivity contribution >= 4 is 5.91 Å². The summed E-state index contributed by atoms with van der Waals surface area (Å²) in [7, 11) is 0. The Bertz CT molecular complexity index is 591. The maximum atomic E-state index is 12.2. The highest BCUT2D eigenvalue weighted by atomic mass is 16.3.